The van der Waals surface area contributed by atoms with Gasteiger partial charge in [0.1, 0.15) is 0 Å². The van der Waals surface area contributed by atoms with Crippen LogP contribution in [-0.2, 0) is 7.05 Å². The Morgan fingerprint density at radius 2 is 2.12 bits per heavy atom. The first kappa shape index (κ1) is 17.3. The molecular formula is C18H31N5O. The smallest absolute Gasteiger partial charge is 0.315 e. The van der Waals surface area contributed by atoms with Crippen LogP contribution in [0.5, 0.6) is 0 Å². The summed E-state index contributed by atoms with van der Waals surface area (Å²) in [5, 5.41) is 10.5. The summed E-state index contributed by atoms with van der Waals surface area (Å²) in [6.45, 7) is 7.29. The van der Waals surface area contributed by atoms with Crippen molar-refractivity contribution in [3.05, 3.63) is 17.5 Å². The topological polar surface area (TPSA) is 62.2 Å². The second-order valence-electron chi connectivity index (χ2n) is 7.58. The van der Waals surface area contributed by atoms with E-state index >= 15 is 0 Å². The number of carbonyl (C=O) groups excluding carboxylic acids is 1. The molecule has 2 N–H and O–H groups in total. The molecule has 24 heavy (non-hydrogen) atoms. The minimum absolute atomic E-state index is 0.0327. The molecule has 6 heteroatoms. The van der Waals surface area contributed by atoms with Crippen LogP contribution in [0.15, 0.2) is 6.20 Å². The summed E-state index contributed by atoms with van der Waals surface area (Å²) in [5.74, 6) is 0.881. The van der Waals surface area contributed by atoms with Crippen LogP contribution in [0.25, 0.3) is 0 Å². The van der Waals surface area contributed by atoms with Gasteiger partial charge in [-0.25, -0.2) is 4.79 Å². The van der Waals surface area contributed by atoms with E-state index in [1.807, 2.05) is 27.1 Å². The zero-order valence-electron chi connectivity index (χ0n) is 15.2. The minimum atomic E-state index is -0.0709. The first-order chi connectivity index (χ1) is 11.5. The highest BCUT2D eigenvalue weighted by Gasteiger charge is 2.27. The fourth-order valence-corrected chi connectivity index (χ4v) is 4.22. The van der Waals surface area contributed by atoms with Gasteiger partial charge in [-0.05, 0) is 39.0 Å². The Morgan fingerprint density at radius 1 is 1.38 bits per heavy atom. The molecule has 1 saturated heterocycles. The molecule has 1 aromatic heterocycles. The average Bonchev–Trinajstić information content (AvgIpc) is 3.22. The molecule has 2 aliphatic rings. The van der Waals surface area contributed by atoms with E-state index in [9.17, 15) is 4.79 Å². The Kier molecular flexibility index (Phi) is 5.43. The predicted octanol–water partition coefficient (Wildman–Crippen LogP) is 2.35. The summed E-state index contributed by atoms with van der Waals surface area (Å²) in [6.07, 6.45) is 8.59. The number of hydrogen-bond acceptors (Lipinski definition) is 3. The average molecular weight is 333 g/mol. The van der Waals surface area contributed by atoms with Gasteiger partial charge in [-0.2, -0.15) is 5.10 Å². The van der Waals surface area contributed by atoms with E-state index in [0.29, 0.717) is 0 Å². The third kappa shape index (κ3) is 4.29. The molecule has 0 spiro atoms. The van der Waals surface area contributed by atoms with Crippen LogP contribution in [-0.4, -0.2) is 46.4 Å². The molecular weight excluding hydrogens is 302 g/mol. The number of aromatic nitrogens is 2. The fourth-order valence-electron chi connectivity index (χ4n) is 4.22. The van der Waals surface area contributed by atoms with Gasteiger partial charge in [0, 0.05) is 44.5 Å². The molecule has 6 nitrogen and oxygen atoms in total. The van der Waals surface area contributed by atoms with E-state index < -0.39 is 0 Å². The van der Waals surface area contributed by atoms with Crippen molar-refractivity contribution in [2.24, 2.45) is 13.0 Å². The number of rotatable bonds is 5. The van der Waals surface area contributed by atoms with Crippen LogP contribution in [0.3, 0.4) is 0 Å². The molecule has 1 saturated carbocycles. The maximum atomic E-state index is 12.3. The lowest BCUT2D eigenvalue weighted by Gasteiger charge is -2.21. The van der Waals surface area contributed by atoms with Crippen molar-refractivity contribution >= 4 is 6.03 Å². The Labute approximate surface area is 145 Å². The Bertz CT molecular complexity index is 564. The normalized spacial score (nSPS) is 23.5. The number of carbonyl (C=O) groups is 1. The number of amides is 2. The quantitative estimate of drug-likeness (QED) is 0.869. The molecule has 2 heterocycles. The van der Waals surface area contributed by atoms with Crippen molar-refractivity contribution in [2.45, 2.75) is 58.0 Å². The third-order valence-corrected chi connectivity index (χ3v) is 5.46. The summed E-state index contributed by atoms with van der Waals surface area (Å²) in [4.78, 5) is 14.8. The van der Waals surface area contributed by atoms with Crippen LogP contribution in [0, 0.1) is 12.8 Å². The molecule has 134 valence electrons. The number of urea groups is 1. The van der Waals surface area contributed by atoms with E-state index in [1.54, 1.807) is 4.68 Å². The highest BCUT2D eigenvalue weighted by Crippen LogP contribution is 2.26. The molecule has 2 fully saturated rings. The third-order valence-electron chi connectivity index (χ3n) is 5.46. The second-order valence-corrected chi connectivity index (χ2v) is 7.58. The van der Waals surface area contributed by atoms with Gasteiger partial charge in [-0.15, -0.1) is 0 Å². The standard InChI is InChI=1S/C18H31N5O/c1-13(17-12-22(3)21-14(17)2)19-18(24)20-16-8-9-23(11-16)10-15-6-4-5-7-15/h12-13,15-16H,4-11H2,1-3H3,(H2,19,20,24). The van der Waals surface area contributed by atoms with Crippen LogP contribution < -0.4 is 10.6 Å². The van der Waals surface area contributed by atoms with Crippen molar-refractivity contribution in [1.29, 1.82) is 0 Å². The molecule has 3 rings (SSSR count). The first-order valence-corrected chi connectivity index (χ1v) is 9.31. The number of nitrogens with zero attached hydrogens (tertiary/aromatic N) is 3. The maximum absolute atomic E-state index is 12.3. The molecule has 0 radical (unpaired) electrons. The molecule has 0 bridgehead atoms. The van der Waals surface area contributed by atoms with E-state index in [1.165, 1.54) is 32.2 Å². The summed E-state index contributed by atoms with van der Waals surface area (Å²) in [7, 11) is 1.90. The fraction of sp³-hybridized carbons (Fsp3) is 0.778. The SMILES string of the molecule is Cc1nn(C)cc1C(C)NC(=O)NC1CCN(CC2CCCC2)C1. The van der Waals surface area contributed by atoms with E-state index in [2.05, 4.69) is 20.6 Å². The first-order valence-electron chi connectivity index (χ1n) is 9.31. The lowest BCUT2D eigenvalue weighted by molar-refractivity contribution is 0.231. The van der Waals surface area contributed by atoms with E-state index in [-0.39, 0.29) is 18.1 Å². The highest BCUT2D eigenvalue weighted by atomic mass is 16.2. The van der Waals surface area contributed by atoms with Crippen LogP contribution in [0.1, 0.15) is 56.3 Å². The van der Waals surface area contributed by atoms with Gasteiger partial charge < -0.3 is 15.5 Å². The monoisotopic (exact) mass is 333 g/mol. The largest absolute Gasteiger partial charge is 0.334 e. The summed E-state index contributed by atoms with van der Waals surface area (Å²) >= 11 is 0. The maximum Gasteiger partial charge on any atom is 0.315 e. The Hall–Kier alpha value is -1.56. The molecule has 2 amide bonds. The lowest BCUT2D eigenvalue weighted by Crippen LogP contribution is -2.44. The van der Waals surface area contributed by atoms with Gasteiger partial charge in [0.15, 0.2) is 0 Å². The van der Waals surface area contributed by atoms with Gasteiger partial charge >= 0.3 is 6.03 Å². The van der Waals surface area contributed by atoms with Crippen LogP contribution in [0.2, 0.25) is 0 Å². The molecule has 2 atom stereocenters. The Balaban J connectivity index is 1.42. The highest BCUT2D eigenvalue weighted by molar-refractivity contribution is 5.74. The zero-order chi connectivity index (χ0) is 17.1. The number of aryl methyl sites for hydroxylation is 2. The van der Waals surface area contributed by atoms with Crippen molar-refractivity contribution in [1.82, 2.24) is 25.3 Å². The predicted molar refractivity (Wildman–Crippen MR) is 94.8 cm³/mol. The van der Waals surface area contributed by atoms with Gasteiger partial charge in [0.25, 0.3) is 0 Å². The van der Waals surface area contributed by atoms with Crippen LogP contribution in [0.4, 0.5) is 4.79 Å². The second kappa shape index (κ2) is 7.55. The summed E-state index contributed by atoms with van der Waals surface area (Å²) in [5.41, 5.74) is 2.04. The molecule has 2 unspecified atom stereocenters. The van der Waals surface area contributed by atoms with Crippen molar-refractivity contribution < 1.29 is 4.79 Å². The number of nitrogens with one attached hydrogen (secondary N) is 2. The zero-order valence-corrected chi connectivity index (χ0v) is 15.2. The van der Waals surface area contributed by atoms with Crippen LogP contribution >= 0.6 is 0 Å². The number of likely N-dealkylation sites (tertiary alicyclic amines) is 1. The molecule has 1 aliphatic carbocycles. The van der Waals surface area contributed by atoms with Gasteiger partial charge in [0.05, 0.1) is 11.7 Å². The van der Waals surface area contributed by atoms with Gasteiger partial charge in [0.2, 0.25) is 0 Å². The molecule has 1 aromatic rings. The van der Waals surface area contributed by atoms with Gasteiger partial charge in [-0.3, -0.25) is 4.68 Å². The van der Waals surface area contributed by atoms with Crippen molar-refractivity contribution in [2.75, 3.05) is 19.6 Å². The number of hydrogen-bond donors (Lipinski definition) is 2. The van der Waals surface area contributed by atoms with Crippen molar-refractivity contribution in [3.8, 4) is 0 Å². The Morgan fingerprint density at radius 3 is 2.79 bits per heavy atom. The lowest BCUT2D eigenvalue weighted by atomic mass is 10.1. The van der Waals surface area contributed by atoms with Gasteiger partial charge in [-0.1, -0.05) is 12.8 Å². The molecule has 1 aliphatic heterocycles. The van der Waals surface area contributed by atoms with E-state index in [4.69, 9.17) is 0 Å². The summed E-state index contributed by atoms with van der Waals surface area (Å²) in [6, 6.07) is 0.168. The summed E-state index contributed by atoms with van der Waals surface area (Å²) < 4.78 is 1.79. The van der Waals surface area contributed by atoms with E-state index in [0.717, 1.165) is 36.7 Å². The van der Waals surface area contributed by atoms with Crippen molar-refractivity contribution in [3.63, 3.8) is 0 Å². The molecule has 0 aromatic carbocycles. The minimum Gasteiger partial charge on any atom is -0.334 e.